The largest absolute Gasteiger partial charge is 0.497 e. The second-order valence-electron chi connectivity index (χ2n) is 7.97. The van der Waals surface area contributed by atoms with E-state index in [1.165, 1.54) is 0 Å². The van der Waals surface area contributed by atoms with Crippen LogP contribution in [0.3, 0.4) is 0 Å². The zero-order valence-corrected chi connectivity index (χ0v) is 16.2. The van der Waals surface area contributed by atoms with Crippen LogP contribution in [-0.2, 0) is 19.3 Å². The van der Waals surface area contributed by atoms with Crippen molar-refractivity contribution in [2.75, 3.05) is 7.11 Å². The van der Waals surface area contributed by atoms with Crippen LogP contribution in [0.2, 0.25) is 0 Å². The molecule has 2 heterocycles. The molecule has 5 rings (SSSR count). The first kappa shape index (κ1) is 17.9. The number of ether oxygens (including phenoxy) is 1. The highest BCUT2D eigenvalue weighted by molar-refractivity contribution is 5.94. The summed E-state index contributed by atoms with van der Waals surface area (Å²) < 4.78 is 5.21. The molecule has 7 heteroatoms. The molecule has 2 aromatic heterocycles. The van der Waals surface area contributed by atoms with Gasteiger partial charge in [-0.3, -0.25) is 0 Å². The van der Waals surface area contributed by atoms with E-state index in [-0.39, 0.29) is 5.54 Å². The Bertz CT molecular complexity index is 1110. The number of carbonyl (C=O) groups is 1. The zero-order chi connectivity index (χ0) is 20.2. The fourth-order valence-corrected chi connectivity index (χ4v) is 4.07. The summed E-state index contributed by atoms with van der Waals surface area (Å²) >= 11 is 0. The van der Waals surface area contributed by atoms with Crippen molar-refractivity contribution >= 4 is 5.97 Å². The summed E-state index contributed by atoms with van der Waals surface area (Å²) in [6.45, 7) is 0. The number of hydrogen-bond acceptors (Lipinski definition) is 5. The van der Waals surface area contributed by atoms with Gasteiger partial charge in [0.1, 0.15) is 5.75 Å². The van der Waals surface area contributed by atoms with Gasteiger partial charge in [0.15, 0.2) is 5.82 Å². The molecule has 1 fully saturated rings. The van der Waals surface area contributed by atoms with Crippen LogP contribution in [0.5, 0.6) is 5.75 Å². The minimum Gasteiger partial charge on any atom is -0.497 e. The molecule has 0 aliphatic heterocycles. The molecule has 1 saturated carbocycles. The summed E-state index contributed by atoms with van der Waals surface area (Å²) in [5.74, 6) is 0.462. The molecule has 0 unspecified atom stereocenters. The van der Waals surface area contributed by atoms with E-state index < -0.39 is 5.97 Å². The molecule has 0 saturated heterocycles. The molecule has 148 valence electrons. The molecular formula is C22H22N4O3. The Kier molecular flexibility index (Phi) is 3.96. The summed E-state index contributed by atoms with van der Waals surface area (Å²) in [5, 5.41) is 9.85. The van der Waals surface area contributed by atoms with Crippen molar-refractivity contribution < 1.29 is 14.6 Å². The summed E-state index contributed by atoms with van der Waals surface area (Å²) in [6.07, 6.45) is 5.62. The Morgan fingerprint density at radius 1 is 1.28 bits per heavy atom. The van der Waals surface area contributed by atoms with E-state index in [2.05, 4.69) is 9.97 Å². The van der Waals surface area contributed by atoms with Gasteiger partial charge in [0.05, 0.1) is 24.1 Å². The maximum Gasteiger partial charge on any atom is 0.337 e. The predicted octanol–water partition coefficient (Wildman–Crippen LogP) is 2.98. The van der Waals surface area contributed by atoms with Crippen LogP contribution in [0, 0.1) is 0 Å². The number of rotatable bonds is 5. The van der Waals surface area contributed by atoms with E-state index >= 15 is 0 Å². The Labute approximate surface area is 168 Å². The normalized spacial score (nSPS) is 16.1. The highest BCUT2D eigenvalue weighted by Crippen LogP contribution is 2.40. The number of aryl methyl sites for hydroxylation is 1. The SMILES string of the molecule is COc1ccc(-c2ncc3c(n2)-c2[nH]c(CC4(N)CC4)c(C(=O)O)c2CC3)cc1. The third kappa shape index (κ3) is 3.07. The first-order chi connectivity index (χ1) is 14.0. The lowest BCUT2D eigenvalue weighted by Crippen LogP contribution is -2.25. The van der Waals surface area contributed by atoms with Crippen LogP contribution >= 0.6 is 0 Å². The van der Waals surface area contributed by atoms with Crippen LogP contribution in [0.4, 0.5) is 0 Å². The number of carboxylic acids is 1. The number of aromatic amines is 1. The van der Waals surface area contributed by atoms with E-state index in [9.17, 15) is 9.90 Å². The maximum atomic E-state index is 12.0. The first-order valence-electron chi connectivity index (χ1n) is 9.74. The molecular weight excluding hydrogens is 368 g/mol. The summed E-state index contributed by atoms with van der Waals surface area (Å²) in [6, 6.07) is 7.57. The molecule has 2 aliphatic carbocycles. The third-order valence-corrected chi connectivity index (χ3v) is 5.91. The predicted molar refractivity (Wildman–Crippen MR) is 108 cm³/mol. The minimum atomic E-state index is -0.908. The van der Waals surface area contributed by atoms with Crippen LogP contribution in [-0.4, -0.2) is 38.7 Å². The van der Waals surface area contributed by atoms with E-state index in [4.69, 9.17) is 15.5 Å². The molecule has 29 heavy (non-hydrogen) atoms. The van der Waals surface area contributed by atoms with Crippen molar-refractivity contribution in [2.24, 2.45) is 5.73 Å². The van der Waals surface area contributed by atoms with Gasteiger partial charge in [0.25, 0.3) is 0 Å². The number of aromatic nitrogens is 3. The Hall–Kier alpha value is -3.19. The lowest BCUT2D eigenvalue weighted by molar-refractivity contribution is 0.0694. The molecule has 0 bridgehead atoms. The molecule has 1 aromatic carbocycles. The molecule has 2 aliphatic rings. The van der Waals surface area contributed by atoms with Gasteiger partial charge >= 0.3 is 5.97 Å². The molecule has 0 amide bonds. The number of H-pyrrole nitrogens is 1. The van der Waals surface area contributed by atoms with Crippen molar-refractivity contribution in [3.05, 3.63) is 52.8 Å². The molecule has 0 atom stereocenters. The molecule has 0 spiro atoms. The van der Waals surface area contributed by atoms with Crippen molar-refractivity contribution in [1.29, 1.82) is 0 Å². The van der Waals surface area contributed by atoms with Gasteiger partial charge in [-0.2, -0.15) is 0 Å². The van der Waals surface area contributed by atoms with E-state index in [0.29, 0.717) is 29.9 Å². The van der Waals surface area contributed by atoms with Crippen molar-refractivity contribution in [2.45, 2.75) is 37.6 Å². The third-order valence-electron chi connectivity index (χ3n) is 5.91. The van der Waals surface area contributed by atoms with Crippen LogP contribution < -0.4 is 10.5 Å². The number of nitrogens with zero attached hydrogens (tertiary/aromatic N) is 2. The summed E-state index contributed by atoms with van der Waals surface area (Å²) in [5.41, 5.74) is 11.4. The number of carboxylic acid groups (broad SMARTS) is 1. The van der Waals surface area contributed by atoms with Gasteiger partial charge in [-0.15, -0.1) is 0 Å². The molecule has 4 N–H and O–H groups in total. The smallest absolute Gasteiger partial charge is 0.337 e. The van der Waals surface area contributed by atoms with E-state index in [1.54, 1.807) is 7.11 Å². The number of benzene rings is 1. The van der Waals surface area contributed by atoms with Gasteiger partial charge in [-0.05, 0) is 61.1 Å². The number of aromatic carboxylic acids is 1. The average molecular weight is 390 g/mol. The highest BCUT2D eigenvalue weighted by Gasteiger charge is 2.41. The monoisotopic (exact) mass is 390 g/mol. The summed E-state index contributed by atoms with van der Waals surface area (Å²) in [7, 11) is 1.63. The van der Waals surface area contributed by atoms with Gasteiger partial charge in [-0.1, -0.05) is 0 Å². The quantitative estimate of drug-likeness (QED) is 0.617. The van der Waals surface area contributed by atoms with Crippen LogP contribution in [0.15, 0.2) is 30.5 Å². The van der Waals surface area contributed by atoms with Gasteiger partial charge in [0.2, 0.25) is 0 Å². The fraction of sp³-hybridized carbons (Fsp3) is 0.318. The van der Waals surface area contributed by atoms with Crippen molar-refractivity contribution in [3.8, 4) is 28.5 Å². The standard InChI is InChI=1S/C22H22N4O3/c1-29-14-5-2-12(3-6-14)20-24-11-13-4-7-15-17(21(27)28)16(10-22(23)8-9-22)25-19(15)18(13)26-20/h2-3,5-6,11,25H,4,7-10,23H2,1H3,(H,27,28). The number of nitrogens with one attached hydrogen (secondary N) is 1. The second kappa shape index (κ2) is 6.42. The number of methoxy groups -OCH3 is 1. The topological polar surface area (TPSA) is 114 Å². The fourth-order valence-electron chi connectivity index (χ4n) is 4.07. The van der Waals surface area contributed by atoms with E-state index in [0.717, 1.165) is 53.1 Å². The van der Waals surface area contributed by atoms with Crippen LogP contribution in [0.25, 0.3) is 22.8 Å². The van der Waals surface area contributed by atoms with Crippen molar-refractivity contribution in [3.63, 3.8) is 0 Å². The average Bonchev–Trinajstić information content (AvgIpc) is 3.33. The number of hydrogen-bond donors (Lipinski definition) is 3. The number of fused-ring (bicyclic) bond motifs is 3. The summed E-state index contributed by atoms with van der Waals surface area (Å²) in [4.78, 5) is 24.7. The Morgan fingerprint density at radius 3 is 2.69 bits per heavy atom. The second-order valence-corrected chi connectivity index (χ2v) is 7.97. The first-order valence-corrected chi connectivity index (χ1v) is 9.74. The van der Waals surface area contributed by atoms with Gasteiger partial charge < -0.3 is 20.6 Å². The molecule has 0 radical (unpaired) electrons. The lowest BCUT2D eigenvalue weighted by atomic mass is 9.91. The Balaban J connectivity index is 1.60. The Morgan fingerprint density at radius 2 is 2.03 bits per heavy atom. The maximum absolute atomic E-state index is 12.0. The molecule has 3 aromatic rings. The zero-order valence-electron chi connectivity index (χ0n) is 16.2. The van der Waals surface area contributed by atoms with Crippen LogP contribution in [0.1, 0.15) is 40.0 Å². The minimum absolute atomic E-state index is 0.277. The lowest BCUT2D eigenvalue weighted by Gasteiger charge is -2.16. The number of nitrogens with two attached hydrogens (primary N) is 1. The van der Waals surface area contributed by atoms with Crippen molar-refractivity contribution in [1.82, 2.24) is 15.0 Å². The van der Waals surface area contributed by atoms with Gasteiger partial charge in [-0.25, -0.2) is 14.8 Å². The highest BCUT2D eigenvalue weighted by atomic mass is 16.5. The van der Waals surface area contributed by atoms with E-state index in [1.807, 2.05) is 30.5 Å². The molecule has 7 nitrogen and oxygen atoms in total. The van der Waals surface area contributed by atoms with Gasteiger partial charge in [0, 0.05) is 29.4 Å².